The molecule has 0 aliphatic heterocycles. The number of halogens is 1. The van der Waals surface area contributed by atoms with Gasteiger partial charge < -0.3 is 0 Å². The number of aromatic amines is 1. The van der Waals surface area contributed by atoms with Crippen LogP contribution in [0.25, 0.3) is 11.4 Å². The van der Waals surface area contributed by atoms with Gasteiger partial charge in [-0.3, -0.25) is 9.67 Å². The first-order valence-corrected chi connectivity index (χ1v) is 7.11. The van der Waals surface area contributed by atoms with Gasteiger partial charge in [-0.25, -0.2) is 0 Å². The highest BCUT2D eigenvalue weighted by molar-refractivity contribution is 9.10. The van der Waals surface area contributed by atoms with Gasteiger partial charge in [0.15, 0.2) is 10.6 Å². The van der Waals surface area contributed by atoms with E-state index in [2.05, 4.69) is 63.6 Å². The van der Waals surface area contributed by atoms with E-state index in [1.165, 1.54) is 5.56 Å². The first-order valence-electron chi connectivity index (χ1n) is 5.90. The summed E-state index contributed by atoms with van der Waals surface area (Å²) in [4.78, 5) is 0. The van der Waals surface area contributed by atoms with Crippen LogP contribution in [0.3, 0.4) is 0 Å². The van der Waals surface area contributed by atoms with Crippen LogP contribution in [0.15, 0.2) is 22.7 Å². The van der Waals surface area contributed by atoms with E-state index < -0.39 is 0 Å². The van der Waals surface area contributed by atoms with Crippen LogP contribution in [0.2, 0.25) is 0 Å². The van der Waals surface area contributed by atoms with E-state index in [1.807, 2.05) is 6.07 Å². The van der Waals surface area contributed by atoms with Crippen molar-refractivity contribution < 1.29 is 0 Å². The average Bonchev–Trinajstić information content (AvgIpc) is 2.64. The number of nitrogens with zero attached hydrogens (tertiary/aromatic N) is 2. The van der Waals surface area contributed by atoms with Crippen LogP contribution >= 0.6 is 28.1 Å². The molecule has 0 amide bonds. The van der Waals surface area contributed by atoms with Gasteiger partial charge >= 0.3 is 0 Å². The molecule has 0 spiro atoms. The summed E-state index contributed by atoms with van der Waals surface area (Å²) in [5.41, 5.74) is 2.30. The Hall–Kier alpha value is -0.940. The van der Waals surface area contributed by atoms with Gasteiger partial charge in [-0.05, 0) is 42.8 Å². The van der Waals surface area contributed by atoms with Crippen molar-refractivity contribution in [3.63, 3.8) is 0 Å². The number of H-pyrrole nitrogens is 1. The minimum absolute atomic E-state index is 0.528. The fourth-order valence-electron chi connectivity index (χ4n) is 1.89. The van der Waals surface area contributed by atoms with Crippen molar-refractivity contribution in [3.8, 4) is 11.4 Å². The van der Waals surface area contributed by atoms with Gasteiger partial charge in [-0.2, -0.15) is 5.10 Å². The number of rotatable bonds is 3. The summed E-state index contributed by atoms with van der Waals surface area (Å²) in [7, 11) is 0. The molecule has 96 valence electrons. The Labute approximate surface area is 120 Å². The van der Waals surface area contributed by atoms with E-state index in [9.17, 15) is 0 Å². The van der Waals surface area contributed by atoms with Crippen molar-refractivity contribution in [2.24, 2.45) is 5.92 Å². The quantitative estimate of drug-likeness (QED) is 0.852. The second-order valence-electron chi connectivity index (χ2n) is 4.82. The van der Waals surface area contributed by atoms with E-state index in [0.29, 0.717) is 10.7 Å². The molecule has 0 aliphatic rings. The van der Waals surface area contributed by atoms with Crippen LogP contribution in [-0.2, 0) is 6.54 Å². The second kappa shape index (κ2) is 5.36. The lowest BCUT2D eigenvalue weighted by atomic mass is 10.1. The van der Waals surface area contributed by atoms with Gasteiger partial charge in [-0.15, -0.1) is 0 Å². The maximum atomic E-state index is 5.30. The molecule has 0 radical (unpaired) electrons. The van der Waals surface area contributed by atoms with Crippen LogP contribution < -0.4 is 0 Å². The molecule has 2 aromatic rings. The summed E-state index contributed by atoms with van der Waals surface area (Å²) in [5.74, 6) is 1.44. The molecule has 0 aliphatic carbocycles. The Kier molecular flexibility index (Phi) is 4.02. The fraction of sp³-hybridized carbons (Fsp3) is 0.385. The summed E-state index contributed by atoms with van der Waals surface area (Å²) in [6, 6.07) is 6.20. The summed E-state index contributed by atoms with van der Waals surface area (Å²) >= 11 is 8.80. The maximum Gasteiger partial charge on any atom is 0.195 e. The van der Waals surface area contributed by atoms with Gasteiger partial charge in [0.05, 0.1) is 0 Å². The molecule has 1 aromatic heterocycles. The minimum Gasteiger partial charge on any atom is -0.300 e. The highest BCUT2D eigenvalue weighted by Gasteiger charge is 2.12. The Morgan fingerprint density at radius 3 is 2.83 bits per heavy atom. The first kappa shape index (κ1) is 13.5. The number of nitrogens with one attached hydrogen (secondary N) is 1. The molecule has 0 bridgehead atoms. The standard InChI is InChI=1S/C13H16BrN3S/c1-8(2)7-17-12(15-16-13(17)18)11-6-10(14)5-4-9(11)3/h4-6,8H,7H2,1-3H3,(H,16,18). The van der Waals surface area contributed by atoms with Crippen LogP contribution in [0, 0.1) is 17.6 Å². The lowest BCUT2D eigenvalue weighted by Crippen LogP contribution is -2.07. The Morgan fingerprint density at radius 1 is 1.44 bits per heavy atom. The largest absolute Gasteiger partial charge is 0.300 e. The molecule has 1 N–H and O–H groups in total. The Bertz CT molecular complexity index is 613. The molecule has 2 rings (SSSR count). The zero-order valence-corrected chi connectivity index (χ0v) is 13.1. The summed E-state index contributed by atoms with van der Waals surface area (Å²) in [5, 5.41) is 7.25. The van der Waals surface area contributed by atoms with Gasteiger partial charge in [0.2, 0.25) is 0 Å². The van der Waals surface area contributed by atoms with Crippen molar-refractivity contribution in [2.45, 2.75) is 27.3 Å². The summed E-state index contributed by atoms with van der Waals surface area (Å²) in [6.45, 7) is 7.30. The molecule has 1 heterocycles. The van der Waals surface area contributed by atoms with Crippen LogP contribution in [0.5, 0.6) is 0 Å². The third-order valence-corrected chi connectivity index (χ3v) is 3.55. The van der Waals surface area contributed by atoms with Crippen molar-refractivity contribution in [3.05, 3.63) is 33.0 Å². The molecule has 0 unspecified atom stereocenters. The van der Waals surface area contributed by atoms with Crippen LogP contribution in [0.4, 0.5) is 0 Å². The molecule has 0 atom stereocenters. The topological polar surface area (TPSA) is 33.6 Å². The minimum atomic E-state index is 0.528. The zero-order valence-electron chi connectivity index (χ0n) is 10.7. The molecule has 0 saturated heterocycles. The lowest BCUT2D eigenvalue weighted by Gasteiger charge is -2.11. The highest BCUT2D eigenvalue weighted by atomic mass is 79.9. The molecule has 0 saturated carbocycles. The third-order valence-electron chi connectivity index (χ3n) is 2.75. The van der Waals surface area contributed by atoms with Gasteiger partial charge in [0.1, 0.15) is 0 Å². The lowest BCUT2D eigenvalue weighted by molar-refractivity contribution is 0.521. The molecule has 3 nitrogen and oxygen atoms in total. The predicted octanol–water partition coefficient (Wildman–Crippen LogP) is 4.33. The number of hydrogen-bond acceptors (Lipinski definition) is 2. The normalized spacial score (nSPS) is 11.2. The average molecular weight is 326 g/mol. The molecule has 18 heavy (non-hydrogen) atoms. The van der Waals surface area contributed by atoms with Gasteiger partial charge in [0, 0.05) is 16.6 Å². The smallest absolute Gasteiger partial charge is 0.195 e. The number of aromatic nitrogens is 3. The molecule has 5 heteroatoms. The summed E-state index contributed by atoms with van der Waals surface area (Å²) in [6.07, 6.45) is 0. The first-order chi connectivity index (χ1) is 8.49. The van der Waals surface area contributed by atoms with Crippen molar-refractivity contribution in [1.82, 2.24) is 14.8 Å². The zero-order chi connectivity index (χ0) is 13.3. The van der Waals surface area contributed by atoms with E-state index in [-0.39, 0.29) is 0 Å². The predicted molar refractivity (Wildman–Crippen MR) is 80.1 cm³/mol. The van der Waals surface area contributed by atoms with Crippen molar-refractivity contribution in [1.29, 1.82) is 0 Å². The number of benzene rings is 1. The number of hydrogen-bond donors (Lipinski definition) is 1. The SMILES string of the molecule is Cc1ccc(Br)cc1-c1n[nH]c(=S)n1CC(C)C. The van der Waals surface area contributed by atoms with E-state index in [4.69, 9.17) is 12.2 Å². The molecule has 1 aromatic carbocycles. The van der Waals surface area contributed by atoms with Crippen LogP contribution in [-0.4, -0.2) is 14.8 Å². The molecular formula is C13H16BrN3S. The number of aryl methyl sites for hydroxylation is 1. The fourth-order valence-corrected chi connectivity index (χ4v) is 2.46. The van der Waals surface area contributed by atoms with E-state index in [0.717, 1.165) is 22.4 Å². The van der Waals surface area contributed by atoms with Crippen LogP contribution in [0.1, 0.15) is 19.4 Å². The monoisotopic (exact) mass is 325 g/mol. The highest BCUT2D eigenvalue weighted by Crippen LogP contribution is 2.26. The van der Waals surface area contributed by atoms with Gasteiger partial charge in [0.25, 0.3) is 0 Å². The third kappa shape index (κ3) is 2.72. The molecular weight excluding hydrogens is 310 g/mol. The van der Waals surface area contributed by atoms with Gasteiger partial charge in [-0.1, -0.05) is 35.8 Å². The Balaban J connectivity index is 2.57. The Morgan fingerprint density at radius 2 is 2.17 bits per heavy atom. The van der Waals surface area contributed by atoms with E-state index in [1.54, 1.807) is 0 Å². The second-order valence-corrected chi connectivity index (χ2v) is 6.12. The van der Waals surface area contributed by atoms with Crippen molar-refractivity contribution in [2.75, 3.05) is 0 Å². The molecule has 0 fully saturated rings. The van der Waals surface area contributed by atoms with E-state index >= 15 is 0 Å². The summed E-state index contributed by atoms with van der Waals surface area (Å²) < 4.78 is 3.79. The maximum absolute atomic E-state index is 5.30. The van der Waals surface area contributed by atoms with Crippen molar-refractivity contribution >= 4 is 28.1 Å².